The van der Waals surface area contributed by atoms with Crippen LogP contribution in [0.3, 0.4) is 0 Å². The van der Waals surface area contributed by atoms with E-state index in [1.165, 1.54) is 11.3 Å². The summed E-state index contributed by atoms with van der Waals surface area (Å²) in [6.07, 6.45) is 0. The molecule has 0 bridgehead atoms. The third-order valence-electron chi connectivity index (χ3n) is 3.99. The largest absolute Gasteiger partial charge is 0.342 e. The number of nitrogens with zero attached hydrogens (tertiary/aromatic N) is 2. The number of hydrogen-bond donors (Lipinski definition) is 1. The van der Waals surface area contributed by atoms with E-state index in [-0.39, 0.29) is 5.91 Å². The van der Waals surface area contributed by atoms with Crippen LogP contribution < -0.4 is 5.32 Å². The van der Waals surface area contributed by atoms with E-state index in [9.17, 15) is 4.79 Å². The number of fused-ring (bicyclic) bond motifs is 1. The Morgan fingerprint density at radius 1 is 1.25 bits per heavy atom. The molecule has 0 spiro atoms. The topological polar surface area (TPSA) is 46.9 Å². The highest BCUT2D eigenvalue weighted by Gasteiger charge is 2.25. The van der Waals surface area contributed by atoms with Gasteiger partial charge in [0.25, 0.3) is 5.91 Å². The molecule has 3 rings (SSSR count). The Morgan fingerprint density at radius 2 is 1.96 bits per heavy atom. The number of carbonyl (C=O) groups excluding carboxylic acids is 1. The quantitative estimate of drug-likeness (QED) is 0.699. The zero-order valence-electron chi connectivity index (χ0n) is 13.8. The smallest absolute Gasteiger partial charge is 0.262 e. The van der Waals surface area contributed by atoms with E-state index < -0.39 is 5.54 Å². The number of aryl methyl sites for hydroxylation is 2. The lowest BCUT2D eigenvalue weighted by Gasteiger charge is -2.27. The fourth-order valence-corrected chi connectivity index (χ4v) is 3.94. The molecule has 0 unspecified atom stereocenters. The van der Waals surface area contributed by atoms with Crippen molar-refractivity contribution in [3.05, 3.63) is 50.4 Å². The maximum Gasteiger partial charge on any atom is 0.262 e. The van der Waals surface area contributed by atoms with Crippen LogP contribution in [-0.4, -0.2) is 15.7 Å². The summed E-state index contributed by atoms with van der Waals surface area (Å²) in [5, 5.41) is 9.41. The first-order chi connectivity index (χ1) is 11.2. The second kappa shape index (κ2) is 6.06. The first-order valence-electron chi connectivity index (χ1n) is 7.40. The van der Waals surface area contributed by atoms with Crippen LogP contribution in [-0.2, 0) is 12.6 Å². The van der Waals surface area contributed by atoms with Gasteiger partial charge in [-0.1, -0.05) is 29.3 Å². The Labute approximate surface area is 154 Å². The van der Waals surface area contributed by atoms with Crippen molar-refractivity contribution in [2.45, 2.75) is 26.3 Å². The number of amides is 1. The van der Waals surface area contributed by atoms with Crippen LogP contribution in [0.25, 0.3) is 10.2 Å². The second-order valence-corrected chi connectivity index (χ2v) is 8.09. The molecule has 4 nitrogen and oxygen atoms in total. The first kappa shape index (κ1) is 17.3. The van der Waals surface area contributed by atoms with Crippen molar-refractivity contribution in [2.75, 3.05) is 0 Å². The summed E-state index contributed by atoms with van der Waals surface area (Å²) in [4.78, 5) is 14.3. The van der Waals surface area contributed by atoms with Crippen LogP contribution in [0.2, 0.25) is 10.0 Å². The predicted octanol–water partition coefficient (Wildman–Crippen LogP) is 4.92. The summed E-state index contributed by atoms with van der Waals surface area (Å²) < 4.78 is 1.80. The van der Waals surface area contributed by atoms with Gasteiger partial charge in [0.2, 0.25) is 0 Å². The van der Waals surface area contributed by atoms with Gasteiger partial charge in [-0.25, -0.2) is 0 Å². The molecule has 2 heterocycles. The van der Waals surface area contributed by atoms with Crippen molar-refractivity contribution in [3.63, 3.8) is 0 Å². The number of carbonyl (C=O) groups is 1. The monoisotopic (exact) mass is 381 g/mol. The minimum atomic E-state index is -0.575. The minimum Gasteiger partial charge on any atom is -0.342 e. The lowest BCUT2D eigenvalue weighted by atomic mass is 9.94. The Balaban J connectivity index is 1.88. The summed E-state index contributed by atoms with van der Waals surface area (Å²) in [5.41, 5.74) is 1.24. The SMILES string of the molecule is Cc1nn(C)c2sc(C(=O)NC(C)(C)c3ccc(Cl)c(Cl)c3)cc12. The van der Waals surface area contributed by atoms with Crippen LogP contribution in [0.15, 0.2) is 24.3 Å². The molecule has 1 aromatic carbocycles. The van der Waals surface area contributed by atoms with Gasteiger partial charge in [-0.3, -0.25) is 9.48 Å². The molecule has 0 radical (unpaired) electrons. The molecule has 7 heteroatoms. The summed E-state index contributed by atoms with van der Waals surface area (Å²) >= 11 is 13.5. The lowest BCUT2D eigenvalue weighted by molar-refractivity contribution is 0.0916. The van der Waals surface area contributed by atoms with Gasteiger partial charge in [-0.05, 0) is 44.5 Å². The molecule has 126 valence electrons. The minimum absolute atomic E-state index is 0.119. The molecule has 0 aliphatic carbocycles. The number of aromatic nitrogens is 2. The fraction of sp³-hybridized carbons (Fsp3) is 0.294. The first-order valence-corrected chi connectivity index (χ1v) is 8.97. The molecule has 24 heavy (non-hydrogen) atoms. The van der Waals surface area contributed by atoms with Crippen molar-refractivity contribution >= 4 is 50.7 Å². The number of halogens is 2. The Kier molecular flexibility index (Phi) is 4.36. The van der Waals surface area contributed by atoms with E-state index >= 15 is 0 Å². The van der Waals surface area contributed by atoms with Crippen LogP contribution in [0.1, 0.15) is 34.8 Å². The Bertz CT molecular complexity index is 908. The van der Waals surface area contributed by atoms with Crippen LogP contribution in [0.5, 0.6) is 0 Å². The number of thiophene rings is 1. The zero-order chi connectivity index (χ0) is 17.6. The molecular weight excluding hydrogens is 365 g/mol. The number of nitrogens with one attached hydrogen (secondary N) is 1. The highest BCUT2D eigenvalue weighted by molar-refractivity contribution is 7.20. The van der Waals surface area contributed by atoms with Crippen molar-refractivity contribution in [1.82, 2.24) is 15.1 Å². The molecule has 0 atom stereocenters. The van der Waals surface area contributed by atoms with Gasteiger partial charge in [0.15, 0.2) is 0 Å². The number of rotatable bonds is 3. The molecule has 1 amide bonds. The number of hydrogen-bond acceptors (Lipinski definition) is 3. The average molecular weight is 382 g/mol. The summed E-state index contributed by atoms with van der Waals surface area (Å²) in [5.74, 6) is -0.119. The molecule has 1 N–H and O–H groups in total. The van der Waals surface area contributed by atoms with E-state index in [0.717, 1.165) is 21.5 Å². The highest BCUT2D eigenvalue weighted by atomic mass is 35.5. The normalized spacial score (nSPS) is 11.9. The summed E-state index contributed by atoms with van der Waals surface area (Å²) in [7, 11) is 1.88. The third-order valence-corrected chi connectivity index (χ3v) is 5.93. The fourth-order valence-electron chi connectivity index (χ4n) is 2.62. The molecule has 0 fully saturated rings. The molecule has 3 aromatic rings. The van der Waals surface area contributed by atoms with Gasteiger partial charge in [-0.2, -0.15) is 5.10 Å². The average Bonchev–Trinajstić information content (AvgIpc) is 3.04. The molecule has 2 aromatic heterocycles. The van der Waals surface area contributed by atoms with Crippen molar-refractivity contribution in [3.8, 4) is 0 Å². The standard InChI is InChI=1S/C17H17Cl2N3OS/c1-9-11-8-14(24-16(11)22(4)21-9)15(23)20-17(2,3)10-5-6-12(18)13(19)7-10/h5-8H,1-4H3,(H,20,23). The van der Waals surface area contributed by atoms with Gasteiger partial charge in [0.1, 0.15) is 4.83 Å². The molecule has 0 saturated carbocycles. The predicted molar refractivity (Wildman–Crippen MR) is 100 cm³/mol. The lowest BCUT2D eigenvalue weighted by Crippen LogP contribution is -2.40. The van der Waals surface area contributed by atoms with Crippen molar-refractivity contribution in [2.24, 2.45) is 7.05 Å². The van der Waals surface area contributed by atoms with E-state index in [1.807, 2.05) is 40.0 Å². The van der Waals surface area contributed by atoms with E-state index in [1.54, 1.807) is 16.8 Å². The Hall–Kier alpha value is -1.56. The van der Waals surface area contributed by atoms with Crippen molar-refractivity contribution in [1.29, 1.82) is 0 Å². The second-order valence-electron chi connectivity index (χ2n) is 6.25. The zero-order valence-corrected chi connectivity index (χ0v) is 16.1. The van der Waals surface area contributed by atoms with Gasteiger partial charge in [0.05, 0.1) is 26.2 Å². The summed E-state index contributed by atoms with van der Waals surface area (Å²) in [6, 6.07) is 7.28. The molecule has 0 saturated heterocycles. The molecule has 0 aliphatic heterocycles. The maximum absolute atomic E-state index is 12.7. The van der Waals surface area contributed by atoms with Gasteiger partial charge in [-0.15, -0.1) is 11.3 Å². The highest BCUT2D eigenvalue weighted by Crippen LogP contribution is 2.31. The summed E-state index contributed by atoms with van der Waals surface area (Å²) in [6.45, 7) is 5.81. The van der Waals surface area contributed by atoms with Crippen LogP contribution in [0.4, 0.5) is 0 Å². The van der Waals surface area contributed by atoms with Gasteiger partial charge < -0.3 is 5.32 Å². The van der Waals surface area contributed by atoms with E-state index in [4.69, 9.17) is 23.2 Å². The van der Waals surface area contributed by atoms with Crippen LogP contribution >= 0.6 is 34.5 Å². The van der Waals surface area contributed by atoms with Gasteiger partial charge in [0, 0.05) is 12.4 Å². The molecule has 0 aliphatic rings. The maximum atomic E-state index is 12.7. The third kappa shape index (κ3) is 3.04. The van der Waals surface area contributed by atoms with Crippen molar-refractivity contribution < 1.29 is 4.79 Å². The Morgan fingerprint density at radius 3 is 2.58 bits per heavy atom. The van der Waals surface area contributed by atoms with Gasteiger partial charge >= 0.3 is 0 Å². The number of benzene rings is 1. The molecular formula is C17H17Cl2N3OS. The van der Waals surface area contributed by atoms with E-state index in [2.05, 4.69) is 10.4 Å². The van der Waals surface area contributed by atoms with E-state index in [0.29, 0.717) is 14.9 Å². The van der Waals surface area contributed by atoms with Crippen LogP contribution in [0, 0.1) is 6.92 Å².